The fraction of sp³-hybridized carbons (Fsp3) is 0.368. The molecule has 1 atom stereocenters. The van der Waals surface area contributed by atoms with Gasteiger partial charge in [-0.05, 0) is 49.0 Å². The summed E-state index contributed by atoms with van der Waals surface area (Å²) in [6, 6.07) is 12.3. The van der Waals surface area contributed by atoms with Crippen LogP contribution in [0.4, 0.5) is 11.5 Å². The third-order valence-electron chi connectivity index (χ3n) is 4.34. The summed E-state index contributed by atoms with van der Waals surface area (Å²) in [6.07, 6.45) is 1.70. The Kier molecular flexibility index (Phi) is 6.25. The van der Waals surface area contributed by atoms with E-state index < -0.39 is 0 Å². The molecule has 0 radical (unpaired) electrons. The van der Waals surface area contributed by atoms with Crippen molar-refractivity contribution in [1.82, 2.24) is 10.3 Å². The Hall–Kier alpha value is -2.38. The molecular formula is C19H24N4O2S. The number of nitrogens with zero attached hydrogens (tertiary/aromatic N) is 2. The van der Waals surface area contributed by atoms with Crippen molar-refractivity contribution in [2.24, 2.45) is 0 Å². The van der Waals surface area contributed by atoms with Crippen LogP contribution in [0.25, 0.3) is 0 Å². The smallest absolute Gasteiger partial charge is 0.174 e. The lowest BCUT2D eigenvalue weighted by Gasteiger charge is -2.29. The van der Waals surface area contributed by atoms with Gasteiger partial charge in [0.25, 0.3) is 0 Å². The number of nitrogens with one attached hydrogen (secondary N) is 2. The van der Waals surface area contributed by atoms with E-state index in [4.69, 9.17) is 21.7 Å². The Morgan fingerprint density at radius 3 is 2.65 bits per heavy atom. The molecule has 1 aliphatic rings. The lowest BCUT2D eigenvalue weighted by atomic mass is 10.1. The molecule has 6 nitrogen and oxygen atoms in total. The molecule has 1 saturated heterocycles. The van der Waals surface area contributed by atoms with Gasteiger partial charge < -0.3 is 25.0 Å². The van der Waals surface area contributed by atoms with Gasteiger partial charge in [-0.1, -0.05) is 12.1 Å². The maximum absolute atomic E-state index is 5.41. The molecule has 138 valence electrons. The second kappa shape index (κ2) is 8.82. The van der Waals surface area contributed by atoms with E-state index in [1.54, 1.807) is 13.3 Å². The van der Waals surface area contributed by atoms with E-state index >= 15 is 0 Å². The molecule has 1 fully saturated rings. The number of thiocarbonyl (C=S) groups is 1. The molecule has 0 saturated carbocycles. The summed E-state index contributed by atoms with van der Waals surface area (Å²) < 4.78 is 10.7. The quantitative estimate of drug-likeness (QED) is 0.783. The van der Waals surface area contributed by atoms with Crippen molar-refractivity contribution >= 4 is 28.8 Å². The molecule has 3 rings (SSSR count). The summed E-state index contributed by atoms with van der Waals surface area (Å²) >= 11 is 5.41. The zero-order chi connectivity index (χ0) is 18.4. The van der Waals surface area contributed by atoms with Crippen molar-refractivity contribution in [2.45, 2.75) is 13.0 Å². The Bertz CT molecular complexity index is 733. The average Bonchev–Trinajstić information content (AvgIpc) is 2.69. The molecule has 2 heterocycles. The van der Waals surface area contributed by atoms with E-state index in [0.717, 1.165) is 26.3 Å². The highest BCUT2D eigenvalue weighted by molar-refractivity contribution is 7.80. The van der Waals surface area contributed by atoms with Crippen LogP contribution in [-0.2, 0) is 4.74 Å². The number of pyridine rings is 1. The number of morpholine rings is 1. The fourth-order valence-corrected chi connectivity index (χ4v) is 3.14. The van der Waals surface area contributed by atoms with Gasteiger partial charge in [-0.15, -0.1) is 0 Å². The first kappa shape index (κ1) is 18.4. The van der Waals surface area contributed by atoms with Gasteiger partial charge >= 0.3 is 0 Å². The van der Waals surface area contributed by atoms with E-state index in [1.165, 1.54) is 11.3 Å². The van der Waals surface area contributed by atoms with Gasteiger partial charge in [-0.3, -0.25) is 0 Å². The molecule has 1 aromatic carbocycles. The molecule has 0 aliphatic carbocycles. The second-order valence-corrected chi connectivity index (χ2v) is 6.47. The summed E-state index contributed by atoms with van der Waals surface area (Å²) in [5, 5.41) is 6.88. The van der Waals surface area contributed by atoms with Gasteiger partial charge in [-0.25, -0.2) is 4.98 Å². The molecule has 0 spiro atoms. The predicted molar refractivity (Wildman–Crippen MR) is 108 cm³/mol. The minimum atomic E-state index is 0.0726. The van der Waals surface area contributed by atoms with E-state index in [9.17, 15) is 0 Å². The lowest BCUT2D eigenvalue weighted by Crippen LogP contribution is -2.36. The molecule has 26 heavy (non-hydrogen) atoms. The van der Waals surface area contributed by atoms with Crippen molar-refractivity contribution in [1.29, 1.82) is 0 Å². The first-order valence-corrected chi connectivity index (χ1v) is 9.07. The van der Waals surface area contributed by atoms with Crippen LogP contribution in [0.3, 0.4) is 0 Å². The number of hydrogen-bond donors (Lipinski definition) is 2. The summed E-state index contributed by atoms with van der Waals surface area (Å²) in [6.45, 7) is 5.53. The molecule has 7 heteroatoms. The molecule has 2 aromatic rings. The van der Waals surface area contributed by atoms with Crippen LogP contribution in [0.2, 0.25) is 0 Å². The second-order valence-electron chi connectivity index (χ2n) is 6.07. The number of hydrogen-bond acceptors (Lipinski definition) is 5. The summed E-state index contributed by atoms with van der Waals surface area (Å²) in [5.41, 5.74) is 2.39. The Labute approximate surface area is 159 Å². The van der Waals surface area contributed by atoms with Crippen LogP contribution in [0.5, 0.6) is 5.75 Å². The third-order valence-corrected chi connectivity index (χ3v) is 4.56. The largest absolute Gasteiger partial charge is 0.493 e. The zero-order valence-corrected chi connectivity index (χ0v) is 15.9. The van der Waals surface area contributed by atoms with Crippen LogP contribution in [0.1, 0.15) is 18.5 Å². The normalized spacial score (nSPS) is 15.2. The Morgan fingerprint density at radius 2 is 1.96 bits per heavy atom. The minimum absolute atomic E-state index is 0.0726. The molecule has 0 amide bonds. The van der Waals surface area contributed by atoms with Gasteiger partial charge in [0.15, 0.2) is 16.7 Å². The first-order valence-electron chi connectivity index (χ1n) is 8.66. The number of rotatable bonds is 5. The van der Waals surface area contributed by atoms with E-state index in [-0.39, 0.29) is 6.04 Å². The van der Waals surface area contributed by atoms with Crippen molar-refractivity contribution < 1.29 is 9.47 Å². The topological polar surface area (TPSA) is 58.7 Å². The number of benzene rings is 1. The highest BCUT2D eigenvalue weighted by Gasteiger charge is 2.13. The van der Waals surface area contributed by atoms with Crippen molar-refractivity contribution in [2.75, 3.05) is 43.6 Å². The SMILES string of the molecule is COc1cccnc1NC(=S)N[C@@H](C)c1ccc(N2CCOCC2)cc1. The lowest BCUT2D eigenvalue weighted by molar-refractivity contribution is 0.122. The Balaban J connectivity index is 1.58. The van der Waals surface area contributed by atoms with Crippen molar-refractivity contribution in [3.8, 4) is 5.75 Å². The summed E-state index contributed by atoms with van der Waals surface area (Å²) in [5.74, 6) is 1.25. The number of aromatic nitrogens is 1. The summed E-state index contributed by atoms with van der Waals surface area (Å²) in [4.78, 5) is 6.59. The highest BCUT2D eigenvalue weighted by Crippen LogP contribution is 2.22. The van der Waals surface area contributed by atoms with Crippen LogP contribution >= 0.6 is 12.2 Å². The molecular weight excluding hydrogens is 348 g/mol. The van der Waals surface area contributed by atoms with Gasteiger partial charge in [0.1, 0.15) is 0 Å². The average molecular weight is 372 g/mol. The number of anilines is 2. The standard InChI is InChI=1S/C19H24N4O2S/c1-14(21-19(26)22-18-17(24-2)4-3-9-20-18)15-5-7-16(8-6-15)23-10-12-25-13-11-23/h3-9,14H,10-13H2,1-2H3,(H2,20,21,22,26)/t14-/m0/s1. The number of methoxy groups -OCH3 is 1. The fourth-order valence-electron chi connectivity index (χ4n) is 2.87. The molecule has 1 aromatic heterocycles. The molecule has 1 aliphatic heterocycles. The van der Waals surface area contributed by atoms with Crippen molar-refractivity contribution in [3.05, 3.63) is 48.2 Å². The maximum atomic E-state index is 5.41. The van der Waals surface area contributed by atoms with E-state index in [2.05, 4.69) is 51.7 Å². The van der Waals surface area contributed by atoms with Crippen LogP contribution < -0.4 is 20.3 Å². The Morgan fingerprint density at radius 1 is 1.23 bits per heavy atom. The zero-order valence-electron chi connectivity index (χ0n) is 15.1. The van der Waals surface area contributed by atoms with Gasteiger partial charge in [0.05, 0.1) is 26.4 Å². The van der Waals surface area contributed by atoms with Gasteiger partial charge in [0, 0.05) is 25.0 Å². The third kappa shape index (κ3) is 4.62. The summed E-state index contributed by atoms with van der Waals surface area (Å²) in [7, 11) is 1.61. The number of ether oxygens (including phenoxy) is 2. The predicted octanol–water partition coefficient (Wildman–Crippen LogP) is 2.97. The van der Waals surface area contributed by atoms with E-state index in [1.807, 2.05) is 12.1 Å². The van der Waals surface area contributed by atoms with Gasteiger partial charge in [-0.2, -0.15) is 0 Å². The highest BCUT2D eigenvalue weighted by atomic mass is 32.1. The molecule has 2 N–H and O–H groups in total. The minimum Gasteiger partial charge on any atom is -0.493 e. The van der Waals surface area contributed by atoms with Crippen LogP contribution in [-0.4, -0.2) is 43.5 Å². The first-order chi connectivity index (χ1) is 12.7. The molecule has 0 bridgehead atoms. The maximum Gasteiger partial charge on any atom is 0.174 e. The van der Waals surface area contributed by atoms with Crippen LogP contribution in [0.15, 0.2) is 42.6 Å². The van der Waals surface area contributed by atoms with E-state index in [0.29, 0.717) is 16.7 Å². The van der Waals surface area contributed by atoms with Crippen LogP contribution in [0, 0.1) is 0 Å². The molecule has 0 unspecified atom stereocenters. The monoisotopic (exact) mass is 372 g/mol. The van der Waals surface area contributed by atoms with Gasteiger partial charge in [0.2, 0.25) is 0 Å². The van der Waals surface area contributed by atoms with Crippen molar-refractivity contribution in [3.63, 3.8) is 0 Å².